The van der Waals surface area contributed by atoms with Crippen molar-refractivity contribution >= 4 is 22.8 Å². The summed E-state index contributed by atoms with van der Waals surface area (Å²) < 4.78 is 4.59. The molecule has 0 aliphatic rings. The zero-order valence-corrected chi connectivity index (χ0v) is 9.94. The number of hydrogen-bond donors (Lipinski definition) is 1. The van der Waals surface area contributed by atoms with Gasteiger partial charge in [0.15, 0.2) is 0 Å². The minimum Gasteiger partial charge on any atom is -0.467 e. The second-order valence-corrected chi connectivity index (χ2v) is 5.63. The SMILES string of the molecule is COC(=O)[C@H](CC[S+](C)C)NC(C)=O. The van der Waals surface area contributed by atoms with Crippen LogP contribution in [0.25, 0.3) is 0 Å². The van der Waals surface area contributed by atoms with Crippen molar-refractivity contribution in [3.05, 3.63) is 0 Å². The van der Waals surface area contributed by atoms with E-state index in [1.165, 1.54) is 14.0 Å². The Bertz CT molecular complexity index is 206. The van der Waals surface area contributed by atoms with Gasteiger partial charge in [0.2, 0.25) is 5.91 Å². The van der Waals surface area contributed by atoms with Crippen LogP contribution in [-0.4, -0.2) is 43.3 Å². The second-order valence-electron chi connectivity index (χ2n) is 3.25. The Balaban J connectivity index is 4.10. The fourth-order valence-electron chi connectivity index (χ4n) is 0.990. The van der Waals surface area contributed by atoms with Gasteiger partial charge >= 0.3 is 5.97 Å². The molecule has 82 valence electrons. The van der Waals surface area contributed by atoms with Crippen molar-refractivity contribution in [3.8, 4) is 0 Å². The topological polar surface area (TPSA) is 55.4 Å². The predicted molar refractivity (Wildman–Crippen MR) is 58.3 cm³/mol. The van der Waals surface area contributed by atoms with Crippen LogP contribution in [0.4, 0.5) is 0 Å². The standard InChI is InChI=1S/C9H17NO3S/c1-7(11)10-8(9(12)13-2)5-6-14(3)4/h8H,5-6H2,1-4H3/p+1/t8-/m0/s1. The lowest BCUT2D eigenvalue weighted by Gasteiger charge is -2.13. The number of methoxy groups -OCH3 is 1. The molecule has 0 heterocycles. The highest BCUT2D eigenvalue weighted by atomic mass is 32.2. The van der Waals surface area contributed by atoms with Gasteiger partial charge in [-0.1, -0.05) is 0 Å². The Morgan fingerprint density at radius 2 is 2.00 bits per heavy atom. The molecule has 0 aromatic carbocycles. The predicted octanol–water partition coefficient (Wildman–Crippen LogP) is -0.0679. The molecule has 0 fully saturated rings. The van der Waals surface area contributed by atoms with Gasteiger partial charge in [-0.05, 0) is 10.9 Å². The average Bonchev–Trinajstić information content (AvgIpc) is 2.10. The third-order valence-corrected chi connectivity index (χ3v) is 2.73. The number of esters is 1. The molecule has 0 aliphatic carbocycles. The van der Waals surface area contributed by atoms with Crippen LogP contribution in [0.1, 0.15) is 13.3 Å². The Labute approximate surface area is 87.7 Å². The summed E-state index contributed by atoms with van der Waals surface area (Å²) in [7, 11) is 1.60. The molecule has 0 bridgehead atoms. The molecule has 14 heavy (non-hydrogen) atoms. The van der Waals surface area contributed by atoms with Gasteiger partial charge in [0.05, 0.1) is 19.6 Å². The summed E-state index contributed by atoms with van der Waals surface area (Å²) in [6, 6.07) is -0.493. The highest BCUT2D eigenvalue weighted by Gasteiger charge is 2.21. The lowest BCUT2D eigenvalue weighted by Crippen LogP contribution is -2.41. The van der Waals surface area contributed by atoms with Crippen LogP contribution in [0.15, 0.2) is 0 Å². The second kappa shape index (κ2) is 6.70. The quantitative estimate of drug-likeness (QED) is 0.521. The third kappa shape index (κ3) is 5.85. The van der Waals surface area contributed by atoms with Crippen LogP contribution in [0.3, 0.4) is 0 Å². The van der Waals surface area contributed by atoms with E-state index in [0.717, 1.165) is 5.75 Å². The maximum absolute atomic E-state index is 11.2. The van der Waals surface area contributed by atoms with E-state index in [-0.39, 0.29) is 22.8 Å². The van der Waals surface area contributed by atoms with Gasteiger partial charge in [0.1, 0.15) is 11.8 Å². The Hall–Kier alpha value is -0.710. The molecule has 0 aromatic rings. The summed E-state index contributed by atoms with van der Waals surface area (Å²) in [5.41, 5.74) is 0. The maximum Gasteiger partial charge on any atom is 0.328 e. The molecule has 1 amide bonds. The average molecular weight is 220 g/mol. The molecular formula is C9H18NO3S+. The molecule has 0 saturated carbocycles. The van der Waals surface area contributed by atoms with Crippen LogP contribution in [-0.2, 0) is 25.2 Å². The molecule has 0 spiro atoms. The zero-order valence-electron chi connectivity index (χ0n) is 9.12. The van der Waals surface area contributed by atoms with Crippen molar-refractivity contribution in [2.24, 2.45) is 0 Å². The molecule has 4 nitrogen and oxygen atoms in total. The van der Waals surface area contributed by atoms with E-state index >= 15 is 0 Å². The summed E-state index contributed by atoms with van der Waals surface area (Å²) in [5.74, 6) is 0.346. The highest BCUT2D eigenvalue weighted by molar-refractivity contribution is 7.95. The molecule has 0 aliphatic heterocycles. The molecule has 0 rings (SSSR count). The Kier molecular flexibility index (Phi) is 6.36. The largest absolute Gasteiger partial charge is 0.467 e. The van der Waals surface area contributed by atoms with Gasteiger partial charge < -0.3 is 10.1 Å². The maximum atomic E-state index is 11.2. The molecule has 5 heteroatoms. The smallest absolute Gasteiger partial charge is 0.328 e. The van der Waals surface area contributed by atoms with E-state index in [4.69, 9.17) is 0 Å². The van der Waals surface area contributed by atoms with Crippen LogP contribution < -0.4 is 5.32 Å². The van der Waals surface area contributed by atoms with E-state index in [2.05, 4.69) is 22.6 Å². The molecule has 0 unspecified atom stereocenters. The van der Waals surface area contributed by atoms with Gasteiger partial charge in [0, 0.05) is 13.3 Å². The minimum atomic E-state index is -0.493. The van der Waals surface area contributed by atoms with Crippen molar-refractivity contribution < 1.29 is 14.3 Å². The lowest BCUT2D eigenvalue weighted by molar-refractivity contribution is -0.144. The Morgan fingerprint density at radius 3 is 2.36 bits per heavy atom. The van der Waals surface area contributed by atoms with Gasteiger partial charge in [-0.2, -0.15) is 0 Å². The summed E-state index contributed by atoms with van der Waals surface area (Å²) in [4.78, 5) is 22.0. The van der Waals surface area contributed by atoms with Gasteiger partial charge in [0.25, 0.3) is 0 Å². The normalized spacial score (nSPS) is 12.4. The molecule has 1 N–H and O–H groups in total. The molecule has 0 saturated heterocycles. The number of carbonyl (C=O) groups is 2. The lowest BCUT2D eigenvalue weighted by atomic mass is 10.2. The number of rotatable bonds is 5. The van der Waals surface area contributed by atoms with E-state index < -0.39 is 6.04 Å². The number of hydrogen-bond acceptors (Lipinski definition) is 3. The van der Waals surface area contributed by atoms with Gasteiger partial charge in [-0.25, -0.2) is 4.79 Å². The van der Waals surface area contributed by atoms with Crippen molar-refractivity contribution in [1.29, 1.82) is 0 Å². The fourth-order valence-corrected chi connectivity index (χ4v) is 1.70. The first-order valence-electron chi connectivity index (χ1n) is 4.36. The van der Waals surface area contributed by atoms with Gasteiger partial charge in [-0.15, -0.1) is 0 Å². The van der Waals surface area contributed by atoms with Crippen molar-refractivity contribution in [3.63, 3.8) is 0 Å². The molecule has 0 radical (unpaired) electrons. The summed E-state index contributed by atoms with van der Waals surface area (Å²) in [5, 5.41) is 2.58. The summed E-state index contributed by atoms with van der Waals surface area (Å²) >= 11 is 0. The zero-order chi connectivity index (χ0) is 11.1. The number of amides is 1. The van der Waals surface area contributed by atoms with Crippen LogP contribution >= 0.6 is 0 Å². The van der Waals surface area contributed by atoms with E-state index in [9.17, 15) is 9.59 Å². The highest BCUT2D eigenvalue weighted by Crippen LogP contribution is 1.99. The summed E-state index contributed by atoms with van der Waals surface area (Å²) in [6.45, 7) is 1.40. The summed E-state index contributed by atoms with van der Waals surface area (Å²) in [6.07, 6.45) is 4.84. The monoisotopic (exact) mass is 220 g/mol. The Morgan fingerprint density at radius 1 is 1.43 bits per heavy atom. The molecule has 0 aromatic heterocycles. The number of carbonyl (C=O) groups excluding carboxylic acids is 2. The van der Waals surface area contributed by atoms with Crippen molar-refractivity contribution in [2.45, 2.75) is 19.4 Å². The first-order chi connectivity index (χ1) is 6.47. The molecule has 1 atom stereocenters. The first-order valence-corrected chi connectivity index (χ1v) is 6.57. The first kappa shape index (κ1) is 13.3. The van der Waals surface area contributed by atoms with Crippen LogP contribution in [0.2, 0.25) is 0 Å². The van der Waals surface area contributed by atoms with Crippen LogP contribution in [0.5, 0.6) is 0 Å². The number of ether oxygens (including phenoxy) is 1. The van der Waals surface area contributed by atoms with Gasteiger partial charge in [-0.3, -0.25) is 4.79 Å². The van der Waals surface area contributed by atoms with E-state index in [1.807, 2.05) is 0 Å². The fraction of sp³-hybridized carbons (Fsp3) is 0.778. The molecular weight excluding hydrogens is 202 g/mol. The minimum absolute atomic E-state index is 0.201. The van der Waals surface area contributed by atoms with Crippen molar-refractivity contribution in [1.82, 2.24) is 5.32 Å². The van der Waals surface area contributed by atoms with Crippen LogP contribution in [0, 0.1) is 0 Å². The van der Waals surface area contributed by atoms with E-state index in [1.54, 1.807) is 0 Å². The third-order valence-electron chi connectivity index (χ3n) is 1.68. The van der Waals surface area contributed by atoms with E-state index in [0.29, 0.717) is 6.42 Å². The number of nitrogens with one attached hydrogen (secondary N) is 1. The van der Waals surface area contributed by atoms with Crippen molar-refractivity contribution in [2.75, 3.05) is 25.4 Å².